The number of amides is 1. The summed E-state index contributed by atoms with van der Waals surface area (Å²) in [4.78, 5) is 26.4. The third kappa shape index (κ3) is 3.68. The largest absolute Gasteiger partial charge is 0.350 e. The second kappa shape index (κ2) is 8.12. The molecule has 2 aliphatic rings. The summed E-state index contributed by atoms with van der Waals surface area (Å²) in [5.41, 5.74) is 4.05. The Morgan fingerprint density at radius 2 is 1.74 bits per heavy atom. The van der Waals surface area contributed by atoms with Gasteiger partial charge in [-0.1, -0.05) is 48.5 Å². The summed E-state index contributed by atoms with van der Waals surface area (Å²) in [6.07, 6.45) is 5.68. The van der Waals surface area contributed by atoms with Crippen LogP contribution in [0.2, 0.25) is 0 Å². The Balaban J connectivity index is 1.26. The minimum absolute atomic E-state index is 0.218. The van der Waals surface area contributed by atoms with E-state index in [0.29, 0.717) is 12.5 Å². The number of para-hydroxylation sites is 1. The first kappa shape index (κ1) is 19.7. The van der Waals surface area contributed by atoms with Gasteiger partial charge in [-0.15, -0.1) is 0 Å². The van der Waals surface area contributed by atoms with Crippen LogP contribution >= 0.6 is 0 Å². The van der Waals surface area contributed by atoms with E-state index in [1.807, 2.05) is 54.7 Å². The fourth-order valence-corrected chi connectivity index (χ4v) is 4.95. The van der Waals surface area contributed by atoms with Crippen molar-refractivity contribution in [1.29, 1.82) is 0 Å². The molecule has 2 aliphatic heterocycles. The number of likely N-dealkylation sites (tertiary alicyclic amines) is 1. The average molecular weight is 414 g/mol. The molecule has 6 nitrogen and oxygen atoms in total. The van der Waals surface area contributed by atoms with Crippen LogP contribution in [0.25, 0.3) is 0 Å². The number of carbonyl (C=O) groups is 1. The van der Waals surface area contributed by atoms with Gasteiger partial charge in [0.05, 0.1) is 5.41 Å². The van der Waals surface area contributed by atoms with E-state index in [4.69, 9.17) is 0 Å². The molecule has 3 heterocycles. The van der Waals surface area contributed by atoms with E-state index in [2.05, 4.69) is 44.5 Å². The molecule has 1 aromatic heterocycles. The lowest BCUT2D eigenvalue weighted by Crippen LogP contribution is -2.51. The number of aromatic nitrogens is 2. The van der Waals surface area contributed by atoms with Gasteiger partial charge < -0.3 is 10.2 Å². The molecule has 0 aliphatic carbocycles. The summed E-state index contributed by atoms with van der Waals surface area (Å²) >= 11 is 0. The van der Waals surface area contributed by atoms with Crippen LogP contribution in [-0.4, -0.2) is 40.9 Å². The fraction of sp³-hybridized carbons (Fsp3) is 0.320. The molecule has 2 aromatic carbocycles. The van der Waals surface area contributed by atoms with Crippen molar-refractivity contribution in [2.45, 2.75) is 31.3 Å². The maximum absolute atomic E-state index is 13.2. The number of nitrogens with one attached hydrogen (secondary N) is 1. The average Bonchev–Trinajstić information content (AvgIpc) is 3.02. The fourth-order valence-electron chi connectivity index (χ4n) is 4.95. The minimum atomic E-state index is -0.429. The van der Waals surface area contributed by atoms with E-state index in [1.54, 1.807) is 0 Å². The second-order valence-corrected chi connectivity index (χ2v) is 8.53. The van der Waals surface area contributed by atoms with Crippen LogP contribution in [0.5, 0.6) is 0 Å². The lowest BCUT2D eigenvalue weighted by Gasteiger charge is -2.39. The maximum Gasteiger partial charge on any atom is 0.238 e. The van der Waals surface area contributed by atoms with Gasteiger partial charge in [-0.05, 0) is 36.6 Å². The Hall–Kier alpha value is -3.25. The lowest BCUT2D eigenvalue weighted by molar-refractivity contribution is -0.125. The molecule has 0 saturated carbocycles. The van der Waals surface area contributed by atoms with Crippen molar-refractivity contribution in [3.8, 4) is 0 Å². The van der Waals surface area contributed by atoms with Gasteiger partial charge in [0.1, 0.15) is 0 Å². The normalized spacial score (nSPS) is 20.8. The number of likely N-dealkylation sites (N-methyl/N-ethyl adjacent to an activating group) is 1. The van der Waals surface area contributed by atoms with Crippen LogP contribution < -0.4 is 10.2 Å². The smallest absolute Gasteiger partial charge is 0.238 e. The quantitative estimate of drug-likeness (QED) is 0.693. The van der Waals surface area contributed by atoms with Crippen molar-refractivity contribution >= 4 is 17.5 Å². The molecule has 1 amide bonds. The van der Waals surface area contributed by atoms with E-state index in [-0.39, 0.29) is 5.91 Å². The van der Waals surface area contributed by atoms with Crippen LogP contribution in [0, 0.1) is 0 Å². The molecule has 1 fully saturated rings. The number of piperidine rings is 1. The molecule has 1 N–H and O–H groups in total. The lowest BCUT2D eigenvalue weighted by atomic mass is 9.75. The van der Waals surface area contributed by atoms with Gasteiger partial charge in [-0.2, -0.15) is 0 Å². The number of hydrogen-bond donors (Lipinski definition) is 1. The molecule has 1 saturated heterocycles. The van der Waals surface area contributed by atoms with E-state index in [0.717, 1.165) is 43.7 Å². The summed E-state index contributed by atoms with van der Waals surface area (Å²) in [5, 5.41) is 3.27. The SMILES string of the molecule is CN1C(=O)C2(CCCN(Cc3cnc(NCc4ccccc4)nc3)C2)c2ccccc21. The molecular formula is C25H27N5O. The zero-order valence-corrected chi connectivity index (χ0v) is 17.8. The first-order valence-electron chi connectivity index (χ1n) is 10.8. The minimum Gasteiger partial charge on any atom is -0.350 e. The van der Waals surface area contributed by atoms with Crippen LogP contribution in [-0.2, 0) is 23.3 Å². The molecule has 1 spiro atoms. The highest BCUT2D eigenvalue weighted by Gasteiger charge is 2.51. The van der Waals surface area contributed by atoms with Crippen LogP contribution in [0.4, 0.5) is 11.6 Å². The monoisotopic (exact) mass is 413 g/mol. The first-order chi connectivity index (χ1) is 15.2. The van der Waals surface area contributed by atoms with Gasteiger partial charge in [-0.3, -0.25) is 9.69 Å². The van der Waals surface area contributed by atoms with E-state index in [9.17, 15) is 4.79 Å². The molecule has 1 unspecified atom stereocenters. The second-order valence-electron chi connectivity index (χ2n) is 8.53. The summed E-state index contributed by atoms with van der Waals surface area (Å²) in [5.74, 6) is 0.847. The molecule has 6 heteroatoms. The van der Waals surface area contributed by atoms with Crippen molar-refractivity contribution in [1.82, 2.24) is 14.9 Å². The number of hydrogen-bond acceptors (Lipinski definition) is 5. The number of carbonyl (C=O) groups excluding carboxylic acids is 1. The van der Waals surface area contributed by atoms with Gasteiger partial charge in [0.2, 0.25) is 11.9 Å². The number of rotatable bonds is 5. The van der Waals surface area contributed by atoms with Gasteiger partial charge in [0.25, 0.3) is 0 Å². The molecule has 0 bridgehead atoms. The summed E-state index contributed by atoms with van der Waals surface area (Å²) in [6, 6.07) is 18.4. The van der Waals surface area contributed by atoms with Crippen molar-refractivity contribution in [2.75, 3.05) is 30.4 Å². The maximum atomic E-state index is 13.2. The van der Waals surface area contributed by atoms with Gasteiger partial charge in [0, 0.05) is 50.3 Å². The topological polar surface area (TPSA) is 61.4 Å². The van der Waals surface area contributed by atoms with Crippen LogP contribution in [0.15, 0.2) is 67.0 Å². The Morgan fingerprint density at radius 3 is 2.55 bits per heavy atom. The Labute approximate surface area is 182 Å². The molecule has 158 valence electrons. The van der Waals surface area contributed by atoms with Gasteiger partial charge >= 0.3 is 0 Å². The van der Waals surface area contributed by atoms with E-state index >= 15 is 0 Å². The molecule has 3 aromatic rings. The summed E-state index contributed by atoms with van der Waals surface area (Å²) < 4.78 is 0. The van der Waals surface area contributed by atoms with Crippen LogP contribution in [0.3, 0.4) is 0 Å². The number of anilines is 2. The van der Waals surface area contributed by atoms with Gasteiger partial charge in [-0.25, -0.2) is 9.97 Å². The molecular weight excluding hydrogens is 386 g/mol. The highest BCUT2D eigenvalue weighted by atomic mass is 16.2. The van der Waals surface area contributed by atoms with E-state index < -0.39 is 5.41 Å². The molecule has 5 rings (SSSR count). The molecule has 0 radical (unpaired) electrons. The molecule has 31 heavy (non-hydrogen) atoms. The third-order valence-electron chi connectivity index (χ3n) is 6.47. The van der Waals surface area contributed by atoms with E-state index in [1.165, 1.54) is 11.1 Å². The highest BCUT2D eigenvalue weighted by Crippen LogP contribution is 2.46. The van der Waals surface area contributed by atoms with Crippen molar-refractivity contribution in [3.63, 3.8) is 0 Å². The zero-order chi connectivity index (χ0) is 21.3. The Kier molecular flexibility index (Phi) is 5.16. The molecule has 1 atom stereocenters. The number of benzene rings is 2. The summed E-state index contributed by atoms with van der Waals surface area (Å²) in [7, 11) is 1.89. The van der Waals surface area contributed by atoms with Gasteiger partial charge in [0.15, 0.2) is 0 Å². The first-order valence-corrected chi connectivity index (χ1v) is 10.8. The van der Waals surface area contributed by atoms with Crippen molar-refractivity contribution in [2.24, 2.45) is 0 Å². The zero-order valence-electron chi connectivity index (χ0n) is 17.8. The number of nitrogens with zero attached hydrogens (tertiary/aromatic N) is 4. The van der Waals surface area contributed by atoms with Crippen molar-refractivity contribution in [3.05, 3.63) is 83.7 Å². The standard InChI is InChI=1S/C25H27N5O/c1-29-22-11-6-5-10-21(22)25(23(29)31)12-7-13-30(18-25)17-20-15-27-24(28-16-20)26-14-19-8-3-2-4-9-19/h2-6,8-11,15-16H,7,12-14,17-18H2,1H3,(H,26,27,28). The van der Waals surface area contributed by atoms with Crippen LogP contribution in [0.1, 0.15) is 29.5 Å². The third-order valence-corrected chi connectivity index (χ3v) is 6.47. The predicted molar refractivity (Wildman–Crippen MR) is 122 cm³/mol. The number of fused-ring (bicyclic) bond motifs is 2. The van der Waals surface area contributed by atoms with Crippen molar-refractivity contribution < 1.29 is 4.79 Å². The summed E-state index contributed by atoms with van der Waals surface area (Å²) in [6.45, 7) is 3.17. The predicted octanol–water partition coefficient (Wildman–Crippen LogP) is 3.60. The Bertz CT molecular complexity index is 1070. The highest BCUT2D eigenvalue weighted by molar-refractivity contribution is 6.08. The Morgan fingerprint density at radius 1 is 1.00 bits per heavy atom.